The van der Waals surface area contributed by atoms with Gasteiger partial charge in [-0.25, -0.2) is 0 Å². The van der Waals surface area contributed by atoms with Crippen LogP contribution in [0.15, 0.2) is 54.6 Å². The number of amides is 1. The molecule has 0 saturated heterocycles. The summed E-state index contributed by atoms with van der Waals surface area (Å²) in [7, 11) is 3.95. The van der Waals surface area contributed by atoms with Crippen molar-refractivity contribution in [3.8, 4) is 0 Å². The number of carbonyl (C=O) groups is 1. The minimum absolute atomic E-state index is 0.000700. The number of nitrogens with zero attached hydrogens (tertiary/aromatic N) is 2. The monoisotopic (exact) mass is 367 g/mol. The van der Waals surface area contributed by atoms with E-state index in [-0.39, 0.29) is 17.6 Å². The van der Waals surface area contributed by atoms with E-state index in [2.05, 4.69) is 41.4 Å². The molecular weight excluding hydrogens is 342 g/mol. The Hall–Kier alpha value is -2.99. The summed E-state index contributed by atoms with van der Waals surface area (Å²) in [6.45, 7) is 2.59. The van der Waals surface area contributed by atoms with Gasteiger partial charge in [0.2, 0.25) is 5.91 Å². The molecule has 0 bridgehead atoms. The Kier molecular flexibility index (Phi) is 7.25. The van der Waals surface area contributed by atoms with Crippen molar-refractivity contribution in [1.29, 1.82) is 0 Å². The first-order valence-electron chi connectivity index (χ1n) is 8.86. The van der Waals surface area contributed by atoms with E-state index in [9.17, 15) is 14.9 Å². The van der Waals surface area contributed by atoms with Crippen LogP contribution in [-0.4, -0.2) is 36.4 Å². The number of hydrogen-bond donors (Lipinski definition) is 1. The molecule has 1 atom stereocenters. The van der Waals surface area contributed by atoms with Crippen molar-refractivity contribution >= 4 is 17.7 Å². The number of carbonyl (C=O) groups excluding carboxylic acids is 1. The van der Waals surface area contributed by atoms with Gasteiger partial charge >= 0.3 is 0 Å². The molecule has 0 radical (unpaired) electrons. The summed E-state index contributed by atoms with van der Waals surface area (Å²) in [5, 5.41) is 13.7. The molecule has 6 nitrogen and oxygen atoms in total. The highest BCUT2D eigenvalue weighted by molar-refractivity contribution is 5.91. The molecule has 0 spiro atoms. The number of nitro groups is 1. The van der Waals surface area contributed by atoms with Crippen LogP contribution in [0, 0.1) is 10.1 Å². The Morgan fingerprint density at radius 1 is 1.22 bits per heavy atom. The fourth-order valence-electron chi connectivity index (χ4n) is 2.74. The fraction of sp³-hybridized carbons (Fsp3) is 0.286. The molecule has 1 amide bonds. The molecule has 1 N–H and O–H groups in total. The van der Waals surface area contributed by atoms with Gasteiger partial charge in [-0.3, -0.25) is 14.9 Å². The van der Waals surface area contributed by atoms with Gasteiger partial charge in [-0.05, 0) is 43.3 Å². The second-order valence-electron chi connectivity index (χ2n) is 6.51. The van der Waals surface area contributed by atoms with Crippen LogP contribution in [0.1, 0.15) is 29.7 Å². The summed E-state index contributed by atoms with van der Waals surface area (Å²) in [4.78, 5) is 24.6. The highest BCUT2D eigenvalue weighted by Crippen LogP contribution is 2.18. The number of likely N-dealkylation sites (N-methyl/N-ethyl adjacent to an activating group) is 1. The number of nitrogens with one attached hydrogen (secondary N) is 1. The molecule has 27 heavy (non-hydrogen) atoms. The van der Waals surface area contributed by atoms with Crippen LogP contribution in [-0.2, 0) is 11.2 Å². The molecule has 1 unspecified atom stereocenters. The Bertz CT molecular complexity index is 814. The third kappa shape index (κ3) is 6.04. The minimum atomic E-state index is -0.455. The maximum atomic E-state index is 12.1. The predicted octanol–water partition coefficient (Wildman–Crippen LogP) is 3.59. The van der Waals surface area contributed by atoms with E-state index < -0.39 is 4.92 Å². The molecule has 142 valence electrons. The first-order valence-corrected chi connectivity index (χ1v) is 8.86. The van der Waals surface area contributed by atoms with Gasteiger partial charge < -0.3 is 10.2 Å². The van der Waals surface area contributed by atoms with E-state index in [4.69, 9.17) is 0 Å². The minimum Gasteiger partial charge on any atom is -0.351 e. The molecule has 2 rings (SSSR count). The maximum absolute atomic E-state index is 12.1. The van der Waals surface area contributed by atoms with Crippen LogP contribution in [0.3, 0.4) is 0 Å². The normalized spacial score (nSPS) is 12.3. The smallest absolute Gasteiger partial charge is 0.270 e. The van der Waals surface area contributed by atoms with E-state index in [0.717, 1.165) is 12.0 Å². The molecule has 6 heteroatoms. The quantitative estimate of drug-likeness (QED) is 0.439. The highest BCUT2D eigenvalue weighted by atomic mass is 16.6. The predicted molar refractivity (Wildman–Crippen MR) is 107 cm³/mol. The third-order valence-corrected chi connectivity index (χ3v) is 4.37. The van der Waals surface area contributed by atoms with Gasteiger partial charge in [-0.1, -0.05) is 43.3 Å². The van der Waals surface area contributed by atoms with Crippen molar-refractivity contribution in [3.63, 3.8) is 0 Å². The largest absolute Gasteiger partial charge is 0.351 e. The van der Waals surface area contributed by atoms with Gasteiger partial charge in [0.25, 0.3) is 5.69 Å². The van der Waals surface area contributed by atoms with Gasteiger partial charge in [0.1, 0.15) is 0 Å². The van der Waals surface area contributed by atoms with Gasteiger partial charge in [0, 0.05) is 24.8 Å². The first-order chi connectivity index (χ1) is 12.9. The Balaban J connectivity index is 1.99. The average Bonchev–Trinajstić information content (AvgIpc) is 2.67. The lowest BCUT2D eigenvalue weighted by molar-refractivity contribution is -0.384. The summed E-state index contributed by atoms with van der Waals surface area (Å²) >= 11 is 0. The number of nitro benzene ring substituents is 1. The van der Waals surface area contributed by atoms with Gasteiger partial charge in [-0.2, -0.15) is 0 Å². The maximum Gasteiger partial charge on any atom is 0.270 e. The summed E-state index contributed by atoms with van der Waals surface area (Å²) < 4.78 is 0. The molecule has 2 aromatic carbocycles. The van der Waals surface area contributed by atoms with Gasteiger partial charge in [-0.15, -0.1) is 0 Å². The van der Waals surface area contributed by atoms with E-state index in [0.29, 0.717) is 12.1 Å². The molecular formula is C21H25N3O3. The summed E-state index contributed by atoms with van der Waals surface area (Å²) in [6.07, 6.45) is 3.96. The number of aryl methyl sites for hydroxylation is 1. The fourth-order valence-corrected chi connectivity index (χ4v) is 2.74. The second-order valence-corrected chi connectivity index (χ2v) is 6.51. The van der Waals surface area contributed by atoms with Crippen LogP contribution in [0.25, 0.3) is 6.08 Å². The van der Waals surface area contributed by atoms with Crippen LogP contribution in [0.5, 0.6) is 0 Å². The average molecular weight is 367 g/mol. The van der Waals surface area contributed by atoms with Gasteiger partial charge in [0.15, 0.2) is 0 Å². The molecule has 2 aromatic rings. The van der Waals surface area contributed by atoms with Crippen LogP contribution in [0.2, 0.25) is 0 Å². The summed E-state index contributed by atoms with van der Waals surface area (Å²) in [5.74, 6) is -0.237. The Labute approximate surface area is 159 Å². The molecule has 0 fully saturated rings. The zero-order chi connectivity index (χ0) is 19.8. The standard InChI is InChI=1S/C21H25N3O3/c1-4-16-8-11-18(12-9-16)20(23(2)3)15-22-21(25)13-10-17-6-5-7-19(14-17)24(26)27/h5-14,20H,4,15H2,1-3H3,(H,22,25)/b13-10+. The molecule has 0 heterocycles. The number of hydrogen-bond acceptors (Lipinski definition) is 4. The Morgan fingerprint density at radius 2 is 1.93 bits per heavy atom. The molecule has 0 aliphatic carbocycles. The van der Waals surface area contributed by atoms with Crippen LogP contribution in [0.4, 0.5) is 5.69 Å². The zero-order valence-corrected chi connectivity index (χ0v) is 15.9. The number of non-ortho nitro benzene ring substituents is 1. The van der Waals surface area contributed by atoms with Crippen molar-refractivity contribution in [1.82, 2.24) is 10.2 Å². The SMILES string of the molecule is CCc1ccc(C(CNC(=O)/C=C/c2cccc([N+](=O)[O-])c2)N(C)C)cc1. The van der Waals surface area contributed by atoms with E-state index >= 15 is 0 Å². The topological polar surface area (TPSA) is 75.5 Å². The van der Waals surface area contributed by atoms with Gasteiger partial charge in [0.05, 0.1) is 11.0 Å². The van der Waals surface area contributed by atoms with Crippen molar-refractivity contribution < 1.29 is 9.72 Å². The summed E-state index contributed by atoms with van der Waals surface area (Å²) in [6, 6.07) is 14.6. The lowest BCUT2D eigenvalue weighted by Gasteiger charge is -2.25. The van der Waals surface area contributed by atoms with E-state index in [1.54, 1.807) is 18.2 Å². The van der Waals surface area contributed by atoms with Crippen molar-refractivity contribution in [3.05, 3.63) is 81.4 Å². The third-order valence-electron chi connectivity index (χ3n) is 4.37. The lowest BCUT2D eigenvalue weighted by Crippen LogP contribution is -2.33. The van der Waals surface area contributed by atoms with E-state index in [1.807, 2.05) is 14.1 Å². The highest BCUT2D eigenvalue weighted by Gasteiger charge is 2.14. The van der Waals surface area contributed by atoms with Crippen molar-refractivity contribution in [2.45, 2.75) is 19.4 Å². The molecule has 0 aliphatic rings. The number of benzene rings is 2. The lowest BCUT2D eigenvalue weighted by atomic mass is 10.0. The van der Waals surface area contributed by atoms with Crippen molar-refractivity contribution in [2.24, 2.45) is 0 Å². The second kappa shape index (κ2) is 9.64. The van der Waals surface area contributed by atoms with Crippen molar-refractivity contribution in [2.75, 3.05) is 20.6 Å². The van der Waals surface area contributed by atoms with Crippen LogP contribution >= 0.6 is 0 Å². The van der Waals surface area contributed by atoms with Crippen LogP contribution < -0.4 is 5.32 Å². The Morgan fingerprint density at radius 3 is 2.52 bits per heavy atom. The molecule has 0 aliphatic heterocycles. The first kappa shape index (κ1) is 20.3. The summed E-state index contributed by atoms with van der Waals surface area (Å²) in [5.41, 5.74) is 3.03. The number of rotatable bonds is 8. The molecule has 0 aromatic heterocycles. The zero-order valence-electron chi connectivity index (χ0n) is 15.9. The molecule has 0 saturated carbocycles. The van der Waals surface area contributed by atoms with E-state index in [1.165, 1.54) is 23.8 Å².